The Balaban J connectivity index is 1.40. The topological polar surface area (TPSA) is 78.9 Å². The summed E-state index contributed by atoms with van der Waals surface area (Å²) in [5.74, 6) is 0.955. The van der Waals surface area contributed by atoms with Gasteiger partial charge in [0.05, 0.1) is 12.0 Å². The number of halogens is 1. The molecule has 2 saturated heterocycles. The van der Waals surface area contributed by atoms with Crippen molar-refractivity contribution in [3.05, 3.63) is 36.1 Å². The summed E-state index contributed by atoms with van der Waals surface area (Å²) in [5.41, 5.74) is 0. The van der Waals surface area contributed by atoms with Crippen molar-refractivity contribution in [2.24, 2.45) is 0 Å². The smallest absolute Gasteiger partial charge is 0.243 e. The largest absolute Gasteiger partial charge is 0.494 e. The normalized spacial score (nSPS) is 18.5. The zero-order valence-corrected chi connectivity index (χ0v) is 17.8. The maximum Gasteiger partial charge on any atom is 0.243 e. The van der Waals surface area contributed by atoms with E-state index in [1.165, 1.54) is 42.8 Å². The van der Waals surface area contributed by atoms with E-state index in [0.717, 1.165) is 30.8 Å². The average Bonchev–Trinajstić information content (AvgIpc) is 2.80. The SMILES string of the molecule is COc1ccc(S(=O)(=O)N2CCN(c3ccc(N4CCCCC4)nn3)CC2)cc1F. The quantitative estimate of drug-likeness (QED) is 0.712. The van der Waals surface area contributed by atoms with Crippen LogP contribution in [0.2, 0.25) is 0 Å². The second-order valence-electron chi connectivity index (χ2n) is 7.48. The van der Waals surface area contributed by atoms with Gasteiger partial charge in [0.1, 0.15) is 0 Å². The molecule has 0 amide bonds. The number of anilines is 2. The van der Waals surface area contributed by atoms with Gasteiger partial charge in [-0.2, -0.15) is 4.31 Å². The predicted octanol–water partition coefficient (Wildman–Crippen LogP) is 2.13. The van der Waals surface area contributed by atoms with E-state index in [0.29, 0.717) is 26.2 Å². The molecule has 1 aromatic carbocycles. The van der Waals surface area contributed by atoms with Crippen LogP contribution < -0.4 is 14.5 Å². The molecule has 0 radical (unpaired) electrons. The highest BCUT2D eigenvalue weighted by molar-refractivity contribution is 7.89. The van der Waals surface area contributed by atoms with Gasteiger partial charge in [0.25, 0.3) is 0 Å². The minimum absolute atomic E-state index is 0.0188. The summed E-state index contributed by atoms with van der Waals surface area (Å²) in [6.07, 6.45) is 3.62. The van der Waals surface area contributed by atoms with Crippen LogP contribution in [0.15, 0.2) is 35.2 Å². The Kier molecular flexibility index (Phi) is 6.05. The molecule has 0 atom stereocenters. The minimum atomic E-state index is -3.77. The van der Waals surface area contributed by atoms with Gasteiger partial charge in [-0.05, 0) is 49.6 Å². The standard InChI is InChI=1S/C20H26FN5O3S/c1-29-18-6-5-16(15-17(18)21)30(27,28)26-13-11-25(12-14-26)20-8-7-19(22-23-20)24-9-3-2-4-10-24/h5-8,15H,2-4,9-14H2,1H3. The second-order valence-corrected chi connectivity index (χ2v) is 9.42. The van der Waals surface area contributed by atoms with Crippen molar-refractivity contribution < 1.29 is 17.5 Å². The number of sulfonamides is 1. The van der Waals surface area contributed by atoms with E-state index in [4.69, 9.17) is 4.74 Å². The molecular weight excluding hydrogens is 409 g/mol. The molecule has 0 aliphatic carbocycles. The van der Waals surface area contributed by atoms with Gasteiger partial charge in [-0.15, -0.1) is 10.2 Å². The number of hydrogen-bond acceptors (Lipinski definition) is 7. The zero-order valence-electron chi connectivity index (χ0n) is 17.0. The zero-order chi connectivity index (χ0) is 21.1. The minimum Gasteiger partial charge on any atom is -0.494 e. The number of benzene rings is 1. The third-order valence-corrected chi connectivity index (χ3v) is 7.53. The monoisotopic (exact) mass is 435 g/mol. The molecule has 0 saturated carbocycles. The molecule has 4 rings (SSSR count). The van der Waals surface area contributed by atoms with Crippen molar-refractivity contribution in [3.8, 4) is 5.75 Å². The number of piperazine rings is 1. The Labute approximate surface area is 176 Å². The van der Waals surface area contributed by atoms with Crippen molar-refractivity contribution >= 4 is 21.7 Å². The summed E-state index contributed by atoms with van der Waals surface area (Å²) in [5, 5.41) is 8.72. The Morgan fingerprint density at radius 2 is 1.47 bits per heavy atom. The third-order valence-electron chi connectivity index (χ3n) is 5.64. The molecule has 3 heterocycles. The van der Waals surface area contributed by atoms with E-state index in [1.54, 1.807) is 0 Å². The van der Waals surface area contributed by atoms with E-state index in [9.17, 15) is 12.8 Å². The number of rotatable bonds is 5. The maximum absolute atomic E-state index is 14.0. The Bertz CT molecular complexity index is 972. The first-order chi connectivity index (χ1) is 14.5. The van der Waals surface area contributed by atoms with Gasteiger partial charge in [0.15, 0.2) is 23.2 Å². The molecule has 2 aromatic rings. The Morgan fingerprint density at radius 3 is 2.00 bits per heavy atom. The fourth-order valence-corrected chi connectivity index (χ4v) is 5.33. The van der Waals surface area contributed by atoms with E-state index < -0.39 is 15.8 Å². The van der Waals surface area contributed by atoms with Crippen LogP contribution >= 0.6 is 0 Å². The average molecular weight is 436 g/mol. The van der Waals surface area contributed by atoms with Gasteiger partial charge in [-0.25, -0.2) is 12.8 Å². The fourth-order valence-electron chi connectivity index (χ4n) is 3.89. The molecule has 1 aromatic heterocycles. The van der Waals surface area contributed by atoms with Crippen LogP contribution in [0.4, 0.5) is 16.0 Å². The van der Waals surface area contributed by atoms with Crippen LogP contribution in [0.25, 0.3) is 0 Å². The third kappa shape index (κ3) is 4.20. The highest BCUT2D eigenvalue weighted by atomic mass is 32.2. The van der Waals surface area contributed by atoms with Crippen molar-refractivity contribution in [3.63, 3.8) is 0 Å². The van der Waals surface area contributed by atoms with Crippen LogP contribution in [0.1, 0.15) is 19.3 Å². The molecule has 10 heteroatoms. The number of nitrogens with zero attached hydrogens (tertiary/aromatic N) is 5. The number of hydrogen-bond donors (Lipinski definition) is 0. The number of methoxy groups -OCH3 is 1. The molecule has 162 valence electrons. The number of aromatic nitrogens is 2. The summed E-state index contributed by atoms with van der Waals surface area (Å²) < 4.78 is 45.9. The molecule has 2 aliphatic heterocycles. The first-order valence-corrected chi connectivity index (χ1v) is 11.6. The van der Waals surface area contributed by atoms with Crippen LogP contribution in [0.5, 0.6) is 5.75 Å². The maximum atomic E-state index is 14.0. The highest BCUT2D eigenvalue weighted by Crippen LogP contribution is 2.25. The molecule has 2 aliphatic rings. The van der Waals surface area contributed by atoms with Gasteiger partial charge in [0.2, 0.25) is 10.0 Å². The van der Waals surface area contributed by atoms with Crippen molar-refractivity contribution in [1.29, 1.82) is 0 Å². The molecule has 8 nitrogen and oxygen atoms in total. The van der Waals surface area contributed by atoms with E-state index in [1.807, 2.05) is 17.0 Å². The van der Waals surface area contributed by atoms with Crippen molar-refractivity contribution in [2.45, 2.75) is 24.2 Å². The van der Waals surface area contributed by atoms with E-state index in [-0.39, 0.29) is 10.6 Å². The lowest BCUT2D eigenvalue weighted by Gasteiger charge is -2.34. The van der Waals surface area contributed by atoms with Crippen LogP contribution in [0.3, 0.4) is 0 Å². The highest BCUT2D eigenvalue weighted by Gasteiger charge is 2.30. The Morgan fingerprint density at radius 1 is 0.867 bits per heavy atom. The molecule has 0 bridgehead atoms. The van der Waals surface area contributed by atoms with Crippen molar-refractivity contribution in [2.75, 3.05) is 56.2 Å². The van der Waals surface area contributed by atoms with E-state index in [2.05, 4.69) is 15.1 Å². The molecular formula is C20H26FN5O3S. The number of ether oxygens (including phenoxy) is 1. The molecule has 0 N–H and O–H groups in total. The van der Waals surface area contributed by atoms with Gasteiger partial charge in [0, 0.05) is 39.3 Å². The molecule has 0 unspecified atom stereocenters. The second kappa shape index (κ2) is 8.73. The van der Waals surface area contributed by atoms with Crippen molar-refractivity contribution in [1.82, 2.24) is 14.5 Å². The van der Waals surface area contributed by atoms with Gasteiger partial charge < -0.3 is 14.5 Å². The van der Waals surface area contributed by atoms with Crippen LogP contribution in [-0.2, 0) is 10.0 Å². The lowest BCUT2D eigenvalue weighted by Crippen LogP contribution is -2.49. The van der Waals surface area contributed by atoms with Gasteiger partial charge >= 0.3 is 0 Å². The number of piperidine rings is 1. The molecule has 0 spiro atoms. The summed E-state index contributed by atoms with van der Waals surface area (Å²) in [4.78, 5) is 4.20. The lowest BCUT2D eigenvalue weighted by atomic mass is 10.1. The van der Waals surface area contributed by atoms with E-state index >= 15 is 0 Å². The summed E-state index contributed by atoms with van der Waals surface area (Å²) in [6.45, 7) is 3.61. The van der Waals surface area contributed by atoms with Crippen LogP contribution in [0, 0.1) is 5.82 Å². The first-order valence-electron chi connectivity index (χ1n) is 10.2. The predicted molar refractivity (Wildman–Crippen MR) is 112 cm³/mol. The molecule has 30 heavy (non-hydrogen) atoms. The summed E-state index contributed by atoms with van der Waals surface area (Å²) >= 11 is 0. The van der Waals surface area contributed by atoms with Gasteiger partial charge in [-0.1, -0.05) is 0 Å². The Hall–Kier alpha value is -2.46. The summed E-state index contributed by atoms with van der Waals surface area (Å²) in [7, 11) is -2.43. The molecule has 2 fully saturated rings. The lowest BCUT2D eigenvalue weighted by molar-refractivity contribution is 0.379. The van der Waals surface area contributed by atoms with Gasteiger partial charge in [-0.3, -0.25) is 0 Å². The first kappa shape index (κ1) is 20.8. The fraction of sp³-hybridized carbons (Fsp3) is 0.500. The van der Waals surface area contributed by atoms with Crippen LogP contribution in [-0.4, -0.2) is 69.3 Å². The summed E-state index contributed by atoms with van der Waals surface area (Å²) in [6, 6.07) is 7.63.